The first kappa shape index (κ1) is 9.09. The molecule has 0 aliphatic carbocycles. The molecule has 0 unspecified atom stereocenters. The van der Waals surface area contributed by atoms with Crippen molar-refractivity contribution in [2.45, 2.75) is 0 Å². The predicted octanol–water partition coefficient (Wildman–Crippen LogP) is 3.22. The maximum atomic E-state index is 9.81. The summed E-state index contributed by atoms with van der Waals surface area (Å²) in [5.41, 5.74) is 3.88. The molecule has 0 saturated heterocycles. The first-order valence-electron chi connectivity index (χ1n) is 5.19. The van der Waals surface area contributed by atoms with Gasteiger partial charge in [0.2, 0.25) is 0 Å². The van der Waals surface area contributed by atoms with E-state index in [1.165, 1.54) is 0 Å². The molecule has 2 N–H and O–H groups in total. The van der Waals surface area contributed by atoms with E-state index in [-0.39, 0.29) is 5.75 Å². The standard InChI is InChI=1S/C13H12N2O/c1-15-10-6-3-2-5-9(10)14-13-11(15)7-4-8-12(13)16/h2-8,14,16H,1H3. The van der Waals surface area contributed by atoms with Gasteiger partial charge in [0.05, 0.1) is 17.1 Å². The minimum absolute atomic E-state index is 0.277. The second-order valence-electron chi connectivity index (χ2n) is 3.87. The zero-order chi connectivity index (χ0) is 11.1. The molecular weight excluding hydrogens is 200 g/mol. The lowest BCUT2D eigenvalue weighted by Gasteiger charge is -2.31. The summed E-state index contributed by atoms with van der Waals surface area (Å²) in [5, 5.41) is 13.1. The average molecular weight is 212 g/mol. The van der Waals surface area contributed by atoms with Crippen molar-refractivity contribution in [3.8, 4) is 5.75 Å². The number of hydrogen-bond donors (Lipinski definition) is 2. The van der Waals surface area contributed by atoms with Gasteiger partial charge in [0, 0.05) is 7.05 Å². The second-order valence-corrected chi connectivity index (χ2v) is 3.87. The molecule has 3 nitrogen and oxygen atoms in total. The van der Waals surface area contributed by atoms with Crippen LogP contribution in [0.5, 0.6) is 5.75 Å². The number of hydrogen-bond acceptors (Lipinski definition) is 3. The summed E-state index contributed by atoms with van der Waals surface area (Å²) in [4.78, 5) is 2.07. The molecule has 0 bridgehead atoms. The largest absolute Gasteiger partial charge is 0.506 e. The highest BCUT2D eigenvalue weighted by molar-refractivity contribution is 5.93. The minimum atomic E-state index is 0.277. The van der Waals surface area contributed by atoms with E-state index < -0.39 is 0 Å². The van der Waals surface area contributed by atoms with Gasteiger partial charge in [0.25, 0.3) is 0 Å². The molecule has 2 aromatic rings. The van der Waals surface area contributed by atoms with Crippen LogP contribution in [-0.4, -0.2) is 12.2 Å². The molecule has 2 aromatic carbocycles. The lowest BCUT2D eigenvalue weighted by atomic mass is 10.1. The predicted molar refractivity (Wildman–Crippen MR) is 65.9 cm³/mol. The van der Waals surface area contributed by atoms with Gasteiger partial charge in [-0.2, -0.15) is 0 Å². The van der Waals surface area contributed by atoms with Crippen LogP contribution < -0.4 is 10.2 Å². The smallest absolute Gasteiger partial charge is 0.141 e. The number of rotatable bonds is 0. The van der Waals surface area contributed by atoms with Crippen molar-refractivity contribution < 1.29 is 5.11 Å². The van der Waals surface area contributed by atoms with E-state index >= 15 is 0 Å². The van der Waals surface area contributed by atoms with Crippen molar-refractivity contribution in [3.05, 3.63) is 42.5 Å². The van der Waals surface area contributed by atoms with Gasteiger partial charge in [-0.25, -0.2) is 0 Å². The summed E-state index contributed by atoms with van der Waals surface area (Å²) in [6.07, 6.45) is 0. The molecule has 0 atom stereocenters. The Kier molecular flexibility index (Phi) is 1.80. The fourth-order valence-electron chi connectivity index (χ4n) is 2.07. The van der Waals surface area contributed by atoms with Gasteiger partial charge in [0.1, 0.15) is 11.4 Å². The van der Waals surface area contributed by atoms with Gasteiger partial charge in [-0.1, -0.05) is 18.2 Å². The number of aromatic hydroxyl groups is 1. The van der Waals surface area contributed by atoms with Crippen LogP contribution >= 0.6 is 0 Å². The van der Waals surface area contributed by atoms with Crippen LogP contribution in [0.25, 0.3) is 0 Å². The van der Waals surface area contributed by atoms with E-state index in [9.17, 15) is 5.11 Å². The zero-order valence-electron chi connectivity index (χ0n) is 8.94. The van der Waals surface area contributed by atoms with E-state index in [4.69, 9.17) is 0 Å². The maximum Gasteiger partial charge on any atom is 0.141 e. The van der Waals surface area contributed by atoms with Gasteiger partial charge in [-0.3, -0.25) is 0 Å². The van der Waals surface area contributed by atoms with Crippen LogP contribution in [-0.2, 0) is 0 Å². The van der Waals surface area contributed by atoms with Crippen molar-refractivity contribution in [3.63, 3.8) is 0 Å². The molecule has 0 radical (unpaired) electrons. The van der Waals surface area contributed by atoms with Gasteiger partial charge < -0.3 is 15.3 Å². The first-order valence-corrected chi connectivity index (χ1v) is 5.19. The van der Waals surface area contributed by atoms with E-state index in [2.05, 4.69) is 16.3 Å². The van der Waals surface area contributed by atoms with E-state index in [0.29, 0.717) is 0 Å². The Hall–Kier alpha value is -2.16. The van der Waals surface area contributed by atoms with Gasteiger partial charge in [-0.05, 0) is 24.3 Å². The zero-order valence-corrected chi connectivity index (χ0v) is 8.94. The molecule has 1 aliphatic rings. The van der Waals surface area contributed by atoms with E-state index in [1.54, 1.807) is 6.07 Å². The molecule has 1 heterocycles. The Morgan fingerprint density at radius 3 is 2.62 bits per heavy atom. The molecular formula is C13H12N2O. The van der Waals surface area contributed by atoms with Crippen molar-refractivity contribution >= 4 is 22.7 Å². The topological polar surface area (TPSA) is 35.5 Å². The van der Waals surface area contributed by atoms with E-state index in [0.717, 1.165) is 22.7 Å². The number of para-hydroxylation sites is 3. The highest BCUT2D eigenvalue weighted by Crippen LogP contribution is 2.45. The van der Waals surface area contributed by atoms with Crippen LogP contribution in [0, 0.1) is 0 Å². The summed E-state index contributed by atoms with van der Waals surface area (Å²) >= 11 is 0. The Bertz CT molecular complexity index is 551. The number of benzene rings is 2. The number of phenols is 1. The molecule has 16 heavy (non-hydrogen) atoms. The Morgan fingerprint density at radius 1 is 1.00 bits per heavy atom. The van der Waals surface area contributed by atoms with Crippen LogP contribution in [0.2, 0.25) is 0 Å². The lowest BCUT2D eigenvalue weighted by molar-refractivity contribution is 0.478. The minimum Gasteiger partial charge on any atom is -0.506 e. The summed E-state index contributed by atoms with van der Waals surface area (Å²) in [5.74, 6) is 0.277. The first-order chi connectivity index (χ1) is 7.77. The highest BCUT2D eigenvalue weighted by Gasteiger charge is 2.20. The van der Waals surface area contributed by atoms with Crippen molar-refractivity contribution in [1.82, 2.24) is 0 Å². The number of anilines is 4. The molecule has 3 heteroatoms. The van der Waals surface area contributed by atoms with Crippen LogP contribution in [0.3, 0.4) is 0 Å². The van der Waals surface area contributed by atoms with Crippen molar-refractivity contribution in [2.24, 2.45) is 0 Å². The molecule has 0 spiro atoms. The van der Waals surface area contributed by atoms with Gasteiger partial charge in [0.15, 0.2) is 0 Å². The maximum absolute atomic E-state index is 9.81. The lowest BCUT2D eigenvalue weighted by Crippen LogP contribution is -2.17. The summed E-state index contributed by atoms with van der Waals surface area (Å²) in [6, 6.07) is 13.6. The molecule has 80 valence electrons. The third-order valence-corrected chi connectivity index (χ3v) is 2.91. The Labute approximate surface area is 94.0 Å². The van der Waals surface area contributed by atoms with Gasteiger partial charge in [-0.15, -0.1) is 0 Å². The fourth-order valence-corrected chi connectivity index (χ4v) is 2.07. The van der Waals surface area contributed by atoms with E-state index in [1.807, 2.05) is 37.4 Å². The summed E-state index contributed by atoms with van der Waals surface area (Å²) in [7, 11) is 2.00. The van der Waals surface area contributed by atoms with Crippen molar-refractivity contribution in [2.75, 3.05) is 17.3 Å². The fraction of sp³-hybridized carbons (Fsp3) is 0.0769. The van der Waals surface area contributed by atoms with Crippen LogP contribution in [0.15, 0.2) is 42.5 Å². The highest BCUT2D eigenvalue weighted by atomic mass is 16.3. The number of nitrogens with one attached hydrogen (secondary N) is 1. The average Bonchev–Trinajstić information content (AvgIpc) is 2.31. The third kappa shape index (κ3) is 1.15. The molecule has 0 amide bonds. The quantitative estimate of drug-likeness (QED) is 0.658. The van der Waals surface area contributed by atoms with Gasteiger partial charge >= 0.3 is 0 Å². The Morgan fingerprint density at radius 2 is 1.75 bits per heavy atom. The third-order valence-electron chi connectivity index (χ3n) is 2.91. The molecule has 0 aromatic heterocycles. The monoisotopic (exact) mass is 212 g/mol. The summed E-state index contributed by atoms with van der Waals surface area (Å²) < 4.78 is 0. The molecule has 1 aliphatic heterocycles. The van der Waals surface area contributed by atoms with Crippen LogP contribution in [0.4, 0.5) is 22.7 Å². The number of phenolic OH excluding ortho intramolecular Hbond substituents is 1. The molecule has 0 fully saturated rings. The van der Waals surface area contributed by atoms with Crippen LogP contribution in [0.1, 0.15) is 0 Å². The summed E-state index contributed by atoms with van der Waals surface area (Å²) in [6.45, 7) is 0. The SMILES string of the molecule is CN1c2ccccc2Nc2c(O)cccc21. The molecule has 0 saturated carbocycles. The normalized spacial score (nSPS) is 12.7. The Balaban J connectivity index is 2.22. The molecule has 3 rings (SSSR count). The second kappa shape index (κ2) is 3.17. The van der Waals surface area contributed by atoms with Crippen molar-refractivity contribution in [1.29, 1.82) is 0 Å². The number of fused-ring (bicyclic) bond motifs is 2. The number of nitrogens with zero attached hydrogens (tertiary/aromatic N) is 1.